The van der Waals surface area contributed by atoms with Gasteiger partial charge in [0.15, 0.2) is 0 Å². The Labute approximate surface area is 94.1 Å². The van der Waals surface area contributed by atoms with E-state index in [1.54, 1.807) is 12.1 Å². The predicted molar refractivity (Wildman–Crippen MR) is 59.7 cm³/mol. The summed E-state index contributed by atoms with van der Waals surface area (Å²) in [6, 6.07) is 4.70. The lowest BCUT2D eigenvalue weighted by molar-refractivity contribution is 0.286. The summed E-state index contributed by atoms with van der Waals surface area (Å²) in [6.45, 7) is 1.58. The fourth-order valence-corrected chi connectivity index (χ4v) is 1.57. The Morgan fingerprint density at radius 3 is 2.80 bits per heavy atom. The molecule has 1 aromatic rings. The van der Waals surface area contributed by atoms with Gasteiger partial charge in [0.25, 0.3) is 0 Å². The zero-order valence-corrected chi connectivity index (χ0v) is 9.23. The Morgan fingerprint density at radius 1 is 1.33 bits per heavy atom. The minimum absolute atomic E-state index is 0.174. The summed E-state index contributed by atoms with van der Waals surface area (Å²) >= 11 is 5.86. The first kappa shape index (κ1) is 12.4. The van der Waals surface area contributed by atoms with Crippen molar-refractivity contribution in [1.82, 2.24) is 5.32 Å². The van der Waals surface area contributed by atoms with E-state index < -0.39 is 0 Å². The molecule has 1 aromatic carbocycles. The highest BCUT2D eigenvalue weighted by molar-refractivity contribution is 6.31. The highest BCUT2D eigenvalue weighted by Crippen LogP contribution is 2.18. The molecule has 15 heavy (non-hydrogen) atoms. The molecule has 0 aliphatic heterocycles. The maximum Gasteiger partial charge on any atom is 0.127 e. The summed E-state index contributed by atoms with van der Waals surface area (Å²) in [5, 5.41) is 12.1. The van der Waals surface area contributed by atoms with Crippen LogP contribution in [0, 0.1) is 5.82 Å². The van der Waals surface area contributed by atoms with Crippen molar-refractivity contribution >= 4 is 11.6 Å². The van der Waals surface area contributed by atoms with Gasteiger partial charge in [-0.05, 0) is 38.1 Å². The number of nitrogens with one attached hydrogen (secondary N) is 1. The second kappa shape index (κ2) is 6.77. The first-order chi connectivity index (χ1) is 7.25. The van der Waals surface area contributed by atoms with Crippen LogP contribution in [0.2, 0.25) is 5.02 Å². The molecule has 0 amide bonds. The lowest BCUT2D eigenvalue weighted by atomic mass is 10.1. The Morgan fingerprint density at radius 2 is 2.13 bits per heavy atom. The summed E-state index contributed by atoms with van der Waals surface area (Å²) in [7, 11) is 0. The number of rotatable bonds is 6. The SMILES string of the molecule is OCCCNCCc1c(F)cccc1Cl. The number of hydrogen-bond donors (Lipinski definition) is 2. The molecule has 0 aliphatic rings. The second-order valence-corrected chi connectivity index (χ2v) is 3.68. The predicted octanol–water partition coefficient (Wildman–Crippen LogP) is 1.99. The van der Waals surface area contributed by atoms with Gasteiger partial charge in [0, 0.05) is 17.2 Å². The summed E-state index contributed by atoms with van der Waals surface area (Å²) < 4.78 is 13.3. The average Bonchev–Trinajstić information content (AvgIpc) is 2.21. The van der Waals surface area contributed by atoms with E-state index in [0.29, 0.717) is 30.0 Å². The highest BCUT2D eigenvalue weighted by Gasteiger charge is 2.05. The molecule has 1 rings (SSSR count). The van der Waals surface area contributed by atoms with Crippen molar-refractivity contribution in [1.29, 1.82) is 0 Å². The first-order valence-electron chi connectivity index (χ1n) is 5.00. The van der Waals surface area contributed by atoms with E-state index in [-0.39, 0.29) is 12.4 Å². The normalized spacial score (nSPS) is 10.6. The van der Waals surface area contributed by atoms with Gasteiger partial charge in [-0.2, -0.15) is 0 Å². The monoisotopic (exact) mass is 231 g/mol. The molecule has 84 valence electrons. The van der Waals surface area contributed by atoms with E-state index in [4.69, 9.17) is 16.7 Å². The van der Waals surface area contributed by atoms with Gasteiger partial charge in [0.1, 0.15) is 5.82 Å². The van der Waals surface area contributed by atoms with Crippen LogP contribution < -0.4 is 5.32 Å². The quantitative estimate of drug-likeness (QED) is 0.734. The van der Waals surface area contributed by atoms with Crippen LogP contribution in [0.15, 0.2) is 18.2 Å². The second-order valence-electron chi connectivity index (χ2n) is 3.28. The summed E-state index contributed by atoms with van der Waals surface area (Å²) in [5.74, 6) is -0.258. The van der Waals surface area contributed by atoms with Crippen molar-refractivity contribution in [2.45, 2.75) is 12.8 Å². The molecule has 4 heteroatoms. The van der Waals surface area contributed by atoms with Crippen LogP contribution in [-0.2, 0) is 6.42 Å². The number of aliphatic hydroxyl groups is 1. The van der Waals surface area contributed by atoms with E-state index in [0.717, 1.165) is 6.54 Å². The van der Waals surface area contributed by atoms with Crippen LogP contribution in [0.4, 0.5) is 4.39 Å². The summed E-state index contributed by atoms with van der Waals surface area (Å²) in [6.07, 6.45) is 1.28. The van der Waals surface area contributed by atoms with Crippen LogP contribution in [-0.4, -0.2) is 24.8 Å². The molecule has 0 saturated carbocycles. The lowest BCUT2D eigenvalue weighted by Gasteiger charge is -2.06. The average molecular weight is 232 g/mol. The molecule has 0 bridgehead atoms. The molecule has 0 radical (unpaired) electrons. The number of benzene rings is 1. The first-order valence-corrected chi connectivity index (χ1v) is 5.38. The van der Waals surface area contributed by atoms with Crippen LogP contribution in [0.25, 0.3) is 0 Å². The molecule has 2 nitrogen and oxygen atoms in total. The van der Waals surface area contributed by atoms with E-state index in [1.165, 1.54) is 6.07 Å². The number of aliphatic hydroxyl groups excluding tert-OH is 1. The van der Waals surface area contributed by atoms with E-state index in [9.17, 15) is 4.39 Å². The van der Waals surface area contributed by atoms with Crippen molar-refractivity contribution in [2.75, 3.05) is 19.7 Å². The zero-order chi connectivity index (χ0) is 11.1. The maximum absolute atomic E-state index is 13.3. The van der Waals surface area contributed by atoms with Gasteiger partial charge in [-0.1, -0.05) is 17.7 Å². The standard InChI is InChI=1S/C11H15ClFNO/c12-10-3-1-4-11(13)9(10)5-7-14-6-2-8-15/h1,3-4,14-15H,2,5-8H2. The van der Waals surface area contributed by atoms with Gasteiger partial charge in [-0.3, -0.25) is 0 Å². The third-order valence-electron chi connectivity index (χ3n) is 2.13. The topological polar surface area (TPSA) is 32.3 Å². The molecule has 0 saturated heterocycles. The van der Waals surface area contributed by atoms with E-state index in [1.807, 2.05) is 0 Å². The third-order valence-corrected chi connectivity index (χ3v) is 2.48. The summed E-state index contributed by atoms with van der Waals surface area (Å²) in [4.78, 5) is 0. The van der Waals surface area contributed by atoms with E-state index >= 15 is 0 Å². The molecule has 2 N–H and O–H groups in total. The lowest BCUT2D eigenvalue weighted by Crippen LogP contribution is -2.19. The van der Waals surface area contributed by atoms with Crippen molar-refractivity contribution in [2.24, 2.45) is 0 Å². The molecular formula is C11H15ClFNO. The van der Waals surface area contributed by atoms with Crippen LogP contribution in [0.3, 0.4) is 0 Å². The molecule has 0 spiro atoms. The Kier molecular flexibility index (Phi) is 5.61. The smallest absolute Gasteiger partial charge is 0.127 e. The third kappa shape index (κ3) is 4.16. The fraction of sp³-hybridized carbons (Fsp3) is 0.455. The van der Waals surface area contributed by atoms with Crippen LogP contribution in [0.1, 0.15) is 12.0 Å². The van der Waals surface area contributed by atoms with Crippen LogP contribution >= 0.6 is 11.6 Å². The summed E-state index contributed by atoms with van der Waals surface area (Å²) in [5.41, 5.74) is 0.552. The number of halogens is 2. The van der Waals surface area contributed by atoms with Gasteiger partial charge in [0.2, 0.25) is 0 Å². The maximum atomic E-state index is 13.3. The molecule has 0 aliphatic carbocycles. The van der Waals surface area contributed by atoms with Crippen molar-refractivity contribution in [3.8, 4) is 0 Å². The molecule has 0 atom stereocenters. The zero-order valence-electron chi connectivity index (χ0n) is 8.47. The number of hydrogen-bond acceptors (Lipinski definition) is 2. The van der Waals surface area contributed by atoms with Gasteiger partial charge in [0.05, 0.1) is 0 Å². The van der Waals surface area contributed by atoms with E-state index in [2.05, 4.69) is 5.32 Å². The Balaban J connectivity index is 2.37. The Hall–Kier alpha value is -0.640. The van der Waals surface area contributed by atoms with Gasteiger partial charge >= 0.3 is 0 Å². The highest BCUT2D eigenvalue weighted by atomic mass is 35.5. The molecule has 0 heterocycles. The minimum Gasteiger partial charge on any atom is -0.396 e. The van der Waals surface area contributed by atoms with Gasteiger partial charge in [-0.25, -0.2) is 4.39 Å². The molecule has 0 fully saturated rings. The van der Waals surface area contributed by atoms with Crippen LogP contribution in [0.5, 0.6) is 0 Å². The minimum atomic E-state index is -0.258. The van der Waals surface area contributed by atoms with Gasteiger partial charge in [-0.15, -0.1) is 0 Å². The fourth-order valence-electron chi connectivity index (χ4n) is 1.31. The van der Waals surface area contributed by atoms with Crippen molar-refractivity contribution < 1.29 is 9.50 Å². The van der Waals surface area contributed by atoms with Gasteiger partial charge < -0.3 is 10.4 Å². The molecular weight excluding hydrogens is 217 g/mol. The largest absolute Gasteiger partial charge is 0.396 e. The van der Waals surface area contributed by atoms with Crippen molar-refractivity contribution in [3.63, 3.8) is 0 Å². The molecule has 0 unspecified atom stereocenters. The van der Waals surface area contributed by atoms with Crippen molar-refractivity contribution in [3.05, 3.63) is 34.6 Å². The molecule has 0 aromatic heterocycles. The Bertz CT molecular complexity index is 286.